The molecule has 2 unspecified atom stereocenters. The average Bonchev–Trinajstić information content (AvgIpc) is 3.62. The zero-order valence-electron chi connectivity index (χ0n) is 22.1. The lowest BCUT2D eigenvalue weighted by atomic mass is 10.0. The number of guanidine groups is 1. The van der Waals surface area contributed by atoms with E-state index in [4.69, 9.17) is 11.5 Å². The highest BCUT2D eigenvalue weighted by Crippen LogP contribution is 2.30. The van der Waals surface area contributed by atoms with Gasteiger partial charge in [0.05, 0.1) is 18.6 Å². The first-order chi connectivity index (χ1) is 18.8. The molecule has 0 bridgehead atoms. The number of aliphatic imine (C=N–C) groups is 1. The van der Waals surface area contributed by atoms with E-state index in [0.29, 0.717) is 56.6 Å². The van der Waals surface area contributed by atoms with Crippen LogP contribution >= 0.6 is 11.3 Å². The largest absolute Gasteiger partial charge is 0.370 e. The number of aromatic nitrogens is 1. The number of aryl methyl sites for hydroxylation is 1. The summed E-state index contributed by atoms with van der Waals surface area (Å²) in [7, 11) is 1.60. The Balaban J connectivity index is 1.40. The molecule has 0 spiro atoms. The van der Waals surface area contributed by atoms with Gasteiger partial charge in [0.25, 0.3) is 0 Å². The van der Waals surface area contributed by atoms with Gasteiger partial charge in [-0.2, -0.15) is 0 Å². The summed E-state index contributed by atoms with van der Waals surface area (Å²) in [5, 5.41) is 2.04. The predicted octanol–water partition coefficient (Wildman–Crippen LogP) is 1.04. The van der Waals surface area contributed by atoms with Gasteiger partial charge in [0.15, 0.2) is 11.0 Å². The van der Waals surface area contributed by atoms with Crippen LogP contribution < -0.4 is 11.5 Å². The lowest BCUT2D eigenvalue weighted by molar-refractivity contribution is -0.153. The molecule has 2 saturated heterocycles. The van der Waals surface area contributed by atoms with Crippen molar-refractivity contribution in [3.8, 4) is 0 Å². The topological polar surface area (TPSA) is 155 Å². The first-order valence-electron chi connectivity index (χ1n) is 13.1. The molecule has 4 rings (SSSR count). The van der Waals surface area contributed by atoms with Crippen molar-refractivity contribution in [2.45, 2.75) is 56.7 Å². The summed E-state index contributed by atoms with van der Waals surface area (Å²) in [5.74, 6) is -0.866. The number of ketones is 1. The number of hydrogen-bond acceptors (Lipinski definition) is 7. The molecule has 2 aliphatic heterocycles. The molecule has 39 heavy (non-hydrogen) atoms. The van der Waals surface area contributed by atoms with Crippen molar-refractivity contribution in [2.75, 3.05) is 26.7 Å². The van der Waals surface area contributed by atoms with E-state index in [1.165, 1.54) is 16.2 Å². The number of hydrogen-bond donors (Lipinski definition) is 2. The molecule has 11 nitrogen and oxygen atoms in total. The van der Waals surface area contributed by atoms with E-state index in [0.717, 1.165) is 5.56 Å². The lowest BCUT2D eigenvalue weighted by Crippen LogP contribution is -2.60. The second kappa shape index (κ2) is 12.8. The van der Waals surface area contributed by atoms with Gasteiger partial charge in [-0.15, -0.1) is 11.3 Å². The fourth-order valence-electron chi connectivity index (χ4n) is 5.36. The van der Waals surface area contributed by atoms with Crippen molar-refractivity contribution in [1.29, 1.82) is 0 Å². The summed E-state index contributed by atoms with van der Waals surface area (Å²) in [5.41, 5.74) is 11.9. The number of piperazine rings is 1. The SMILES string of the molecule is CN(C(=O)C1CC[C@H]2CN(C(=O)CCc3ccccc3)CC(=O)N12)C(CCCN=C(N)N)C(=O)c1nccs1. The minimum absolute atomic E-state index is 0.0320. The van der Waals surface area contributed by atoms with Gasteiger partial charge < -0.3 is 26.2 Å². The molecule has 208 valence electrons. The molecule has 3 heterocycles. The smallest absolute Gasteiger partial charge is 0.245 e. The number of nitrogens with zero attached hydrogens (tertiary/aromatic N) is 5. The summed E-state index contributed by atoms with van der Waals surface area (Å²) < 4.78 is 0. The predicted molar refractivity (Wildman–Crippen MR) is 148 cm³/mol. The molecule has 1 aromatic heterocycles. The minimum atomic E-state index is -0.757. The number of fused-ring (bicyclic) bond motifs is 1. The van der Waals surface area contributed by atoms with E-state index in [9.17, 15) is 19.2 Å². The van der Waals surface area contributed by atoms with Crippen LogP contribution in [0.3, 0.4) is 0 Å². The van der Waals surface area contributed by atoms with Crippen LogP contribution in [0.25, 0.3) is 0 Å². The van der Waals surface area contributed by atoms with Crippen LogP contribution in [-0.2, 0) is 20.8 Å². The van der Waals surface area contributed by atoms with Gasteiger partial charge in [0.2, 0.25) is 23.5 Å². The van der Waals surface area contributed by atoms with Gasteiger partial charge in [-0.25, -0.2) is 4.98 Å². The number of nitrogens with two attached hydrogens (primary N) is 2. The Labute approximate surface area is 231 Å². The fraction of sp³-hybridized carbons (Fsp3) is 0.481. The van der Waals surface area contributed by atoms with Gasteiger partial charge in [0.1, 0.15) is 6.04 Å². The summed E-state index contributed by atoms with van der Waals surface area (Å²) in [6.07, 6.45) is 4.44. The van der Waals surface area contributed by atoms with Gasteiger partial charge in [-0.3, -0.25) is 24.2 Å². The number of Topliss-reactive ketones (excluding diaryl/α,β-unsaturated/α-hetero) is 1. The van der Waals surface area contributed by atoms with Crippen molar-refractivity contribution in [3.63, 3.8) is 0 Å². The molecular weight excluding hydrogens is 518 g/mol. The standard InChI is InChI=1S/C27H35N7O4S/c1-32(20(8-5-13-31-27(28)29)24(37)25-30-14-15-39-25)26(38)21-11-10-19-16-33(17-23(36)34(19)21)22(35)12-9-18-6-3-2-4-7-18/h2-4,6-7,14-15,19-21H,5,8-13,16-17H2,1H3,(H4,28,29,31)/t19-,20?,21?/m0/s1. The average molecular weight is 554 g/mol. The summed E-state index contributed by atoms with van der Waals surface area (Å²) >= 11 is 1.22. The Kier molecular flexibility index (Phi) is 9.28. The molecule has 0 radical (unpaired) electrons. The van der Waals surface area contributed by atoms with Crippen LogP contribution in [0.2, 0.25) is 0 Å². The van der Waals surface area contributed by atoms with Crippen molar-refractivity contribution in [1.82, 2.24) is 19.7 Å². The molecule has 2 aromatic rings. The third kappa shape index (κ3) is 6.80. The normalized spacial score (nSPS) is 19.4. The van der Waals surface area contributed by atoms with Gasteiger partial charge in [0, 0.05) is 38.1 Å². The van der Waals surface area contributed by atoms with E-state index in [2.05, 4.69) is 9.98 Å². The first-order valence-corrected chi connectivity index (χ1v) is 14.0. The highest BCUT2D eigenvalue weighted by atomic mass is 32.1. The Morgan fingerprint density at radius 3 is 2.67 bits per heavy atom. The number of rotatable bonds is 11. The number of amides is 3. The second-order valence-electron chi connectivity index (χ2n) is 9.92. The van der Waals surface area contributed by atoms with Gasteiger partial charge in [-0.1, -0.05) is 30.3 Å². The van der Waals surface area contributed by atoms with Crippen molar-refractivity contribution in [3.05, 3.63) is 52.5 Å². The van der Waals surface area contributed by atoms with Gasteiger partial charge >= 0.3 is 0 Å². The van der Waals surface area contributed by atoms with Crippen LogP contribution in [0.15, 0.2) is 46.9 Å². The Morgan fingerprint density at radius 1 is 1.21 bits per heavy atom. The van der Waals surface area contributed by atoms with Crippen LogP contribution in [0.1, 0.15) is 47.5 Å². The maximum atomic E-state index is 13.7. The van der Waals surface area contributed by atoms with E-state index < -0.39 is 12.1 Å². The van der Waals surface area contributed by atoms with Crippen molar-refractivity contribution >= 4 is 40.8 Å². The molecule has 3 atom stereocenters. The molecule has 0 saturated carbocycles. The highest BCUT2D eigenvalue weighted by Gasteiger charge is 2.47. The lowest BCUT2D eigenvalue weighted by Gasteiger charge is -2.40. The van der Waals surface area contributed by atoms with Crippen LogP contribution in [0.5, 0.6) is 0 Å². The number of likely N-dealkylation sites (N-methyl/N-ethyl adjacent to an activating group) is 1. The maximum Gasteiger partial charge on any atom is 0.245 e. The number of carbonyl (C=O) groups is 4. The molecule has 2 aliphatic rings. The Hall–Kier alpha value is -3.80. The molecule has 12 heteroatoms. The zero-order valence-corrected chi connectivity index (χ0v) is 22.9. The van der Waals surface area contributed by atoms with Gasteiger partial charge in [-0.05, 0) is 37.7 Å². The molecule has 2 fully saturated rings. The minimum Gasteiger partial charge on any atom is -0.370 e. The third-order valence-corrected chi connectivity index (χ3v) is 8.13. The molecule has 0 aliphatic carbocycles. The van der Waals surface area contributed by atoms with Crippen LogP contribution in [0.4, 0.5) is 0 Å². The molecule has 4 N–H and O–H groups in total. The fourth-order valence-corrected chi connectivity index (χ4v) is 5.98. The maximum absolute atomic E-state index is 13.7. The second-order valence-corrected chi connectivity index (χ2v) is 10.8. The van der Waals surface area contributed by atoms with E-state index in [1.807, 2.05) is 30.3 Å². The zero-order chi connectivity index (χ0) is 27.9. The molecular formula is C27H35N7O4S. The molecule has 1 aromatic carbocycles. The summed E-state index contributed by atoms with van der Waals surface area (Å²) in [4.78, 5) is 65.9. The number of carbonyl (C=O) groups excluding carboxylic acids is 4. The quantitative estimate of drug-likeness (QED) is 0.182. The Bertz CT molecular complexity index is 1200. The first kappa shape index (κ1) is 28.2. The van der Waals surface area contributed by atoms with E-state index in [1.54, 1.807) is 28.4 Å². The number of benzene rings is 1. The van der Waals surface area contributed by atoms with Crippen molar-refractivity contribution in [2.24, 2.45) is 16.5 Å². The summed E-state index contributed by atoms with van der Waals surface area (Å²) in [6.45, 7) is 0.695. The summed E-state index contributed by atoms with van der Waals surface area (Å²) in [6, 6.07) is 8.13. The monoisotopic (exact) mass is 553 g/mol. The van der Waals surface area contributed by atoms with Crippen LogP contribution in [0, 0.1) is 0 Å². The van der Waals surface area contributed by atoms with E-state index >= 15 is 0 Å². The van der Waals surface area contributed by atoms with Crippen molar-refractivity contribution < 1.29 is 19.2 Å². The third-order valence-electron chi connectivity index (χ3n) is 7.35. The highest BCUT2D eigenvalue weighted by molar-refractivity contribution is 7.11. The van der Waals surface area contributed by atoms with Crippen LogP contribution in [-0.4, -0.2) is 94.0 Å². The Morgan fingerprint density at radius 2 is 1.97 bits per heavy atom. The number of thiazole rings is 1. The van der Waals surface area contributed by atoms with E-state index in [-0.39, 0.29) is 42.1 Å². The molecule has 3 amide bonds.